The summed E-state index contributed by atoms with van der Waals surface area (Å²) in [5, 5.41) is 0. The number of hydrogen-bond acceptors (Lipinski definition) is 2. The van der Waals surface area contributed by atoms with Gasteiger partial charge in [0.2, 0.25) is 0 Å². The van der Waals surface area contributed by atoms with Crippen LogP contribution >= 0.6 is 0 Å². The van der Waals surface area contributed by atoms with E-state index in [0.717, 1.165) is 0 Å². The fourth-order valence-electron chi connectivity index (χ4n) is 2.66. The summed E-state index contributed by atoms with van der Waals surface area (Å²) in [4.78, 5) is 3.43. The molecule has 2 aliphatic rings. The number of rotatable bonds is 2. The lowest BCUT2D eigenvalue weighted by atomic mass is 10.1. The standard InChI is InChI=1S/2C6H13N.C5H12.2H2O/c2*1-7-5-3-2-4-6-7;1-3-5-4-2;;/h2*2-6H2,1H3;3-5H2,1-2H3;2*1H2. The van der Waals surface area contributed by atoms with E-state index in [9.17, 15) is 0 Å². The van der Waals surface area contributed by atoms with Crippen LogP contribution in [-0.4, -0.2) is 51.2 Å². The fraction of sp³-hybridized carbons (Fsp3) is 1.00. The van der Waals surface area contributed by atoms with Crippen molar-refractivity contribution in [1.29, 1.82) is 0 Å². The van der Waals surface area contributed by atoms with E-state index in [1.54, 1.807) is 9.80 Å². The summed E-state index contributed by atoms with van der Waals surface area (Å²) >= 11 is 0. The van der Waals surface area contributed by atoms with Crippen LogP contribution in [0.1, 0.15) is 71.6 Å². The maximum Gasteiger partial charge on any atom is 0.0768 e. The molecule has 132 valence electrons. The molecule has 2 fully saturated rings. The Bertz CT molecular complexity index is 150. The van der Waals surface area contributed by atoms with Crippen molar-refractivity contribution in [2.24, 2.45) is 0 Å². The normalized spacial score (nSPS) is 18.9. The SMILES string of the molecule is CCCCC.C[NH+]1CCCCC1.C[NH+]1CCCCC1.[OH-].[OH-]. The molecule has 2 saturated heterocycles. The molecule has 0 spiro atoms. The van der Waals surface area contributed by atoms with Crippen LogP contribution in [0.4, 0.5) is 0 Å². The van der Waals surface area contributed by atoms with Crippen LogP contribution in [0.15, 0.2) is 0 Å². The van der Waals surface area contributed by atoms with Gasteiger partial charge in [0.25, 0.3) is 0 Å². The fourth-order valence-corrected chi connectivity index (χ4v) is 2.66. The zero-order valence-corrected chi connectivity index (χ0v) is 15.1. The van der Waals surface area contributed by atoms with Crippen LogP contribution in [0.3, 0.4) is 0 Å². The average molecular weight is 307 g/mol. The van der Waals surface area contributed by atoms with Gasteiger partial charge >= 0.3 is 0 Å². The van der Waals surface area contributed by atoms with E-state index < -0.39 is 0 Å². The number of unbranched alkanes of at least 4 members (excludes halogenated alkanes) is 2. The van der Waals surface area contributed by atoms with Crippen LogP contribution < -0.4 is 9.80 Å². The molecule has 2 heterocycles. The number of likely N-dealkylation sites (tertiary alicyclic amines) is 2. The Hall–Kier alpha value is -0.160. The van der Waals surface area contributed by atoms with Gasteiger partial charge in [-0.1, -0.05) is 33.1 Å². The summed E-state index contributed by atoms with van der Waals surface area (Å²) < 4.78 is 0. The topological polar surface area (TPSA) is 68.9 Å². The predicted molar refractivity (Wildman–Crippen MR) is 90.0 cm³/mol. The molecule has 21 heavy (non-hydrogen) atoms. The molecule has 2 aliphatic heterocycles. The van der Waals surface area contributed by atoms with E-state index >= 15 is 0 Å². The Labute approximate surface area is 133 Å². The highest BCUT2D eigenvalue weighted by atomic mass is 16.0. The van der Waals surface area contributed by atoms with E-state index in [4.69, 9.17) is 0 Å². The van der Waals surface area contributed by atoms with Crippen LogP contribution in [0, 0.1) is 0 Å². The zero-order valence-electron chi connectivity index (χ0n) is 15.1. The second-order valence-corrected chi connectivity index (χ2v) is 6.39. The minimum atomic E-state index is 0. The van der Waals surface area contributed by atoms with Gasteiger partial charge in [-0.05, 0) is 38.5 Å². The van der Waals surface area contributed by atoms with E-state index in [1.165, 1.54) is 84.0 Å². The molecule has 0 amide bonds. The van der Waals surface area contributed by atoms with Gasteiger partial charge in [0.05, 0.1) is 40.3 Å². The molecule has 0 aliphatic carbocycles. The minimum Gasteiger partial charge on any atom is -0.870 e. The van der Waals surface area contributed by atoms with Gasteiger partial charge in [0.15, 0.2) is 0 Å². The largest absolute Gasteiger partial charge is 0.870 e. The highest BCUT2D eigenvalue weighted by Crippen LogP contribution is 1.93. The van der Waals surface area contributed by atoms with Crippen molar-refractivity contribution in [3.8, 4) is 0 Å². The van der Waals surface area contributed by atoms with E-state index in [2.05, 4.69) is 27.9 Å². The second-order valence-electron chi connectivity index (χ2n) is 6.39. The van der Waals surface area contributed by atoms with Gasteiger partial charge in [-0.2, -0.15) is 0 Å². The molecule has 4 N–H and O–H groups in total. The van der Waals surface area contributed by atoms with Crippen molar-refractivity contribution in [2.45, 2.75) is 71.6 Å². The van der Waals surface area contributed by atoms with Gasteiger partial charge in [0, 0.05) is 0 Å². The molecule has 4 heteroatoms. The third-order valence-electron chi connectivity index (χ3n) is 4.12. The van der Waals surface area contributed by atoms with E-state index in [-0.39, 0.29) is 11.0 Å². The lowest BCUT2D eigenvalue weighted by molar-refractivity contribution is -0.884. The smallest absolute Gasteiger partial charge is 0.0768 e. The molecular formula is C17H42N2O2. The number of hydrogen-bond donors (Lipinski definition) is 2. The van der Waals surface area contributed by atoms with Gasteiger partial charge in [-0.15, -0.1) is 0 Å². The summed E-state index contributed by atoms with van der Waals surface area (Å²) in [5.74, 6) is 0. The highest BCUT2D eigenvalue weighted by molar-refractivity contribution is 4.43. The van der Waals surface area contributed by atoms with E-state index in [0.29, 0.717) is 0 Å². The molecule has 0 aromatic rings. The van der Waals surface area contributed by atoms with Crippen LogP contribution in [0.2, 0.25) is 0 Å². The van der Waals surface area contributed by atoms with Crippen molar-refractivity contribution in [1.82, 2.24) is 0 Å². The Balaban J connectivity index is -0.000000225. The monoisotopic (exact) mass is 306 g/mol. The van der Waals surface area contributed by atoms with Crippen molar-refractivity contribution in [3.05, 3.63) is 0 Å². The molecular weight excluding hydrogens is 264 g/mol. The third kappa shape index (κ3) is 19.8. The van der Waals surface area contributed by atoms with Gasteiger partial charge in [-0.3, -0.25) is 0 Å². The Morgan fingerprint density at radius 1 is 0.571 bits per heavy atom. The van der Waals surface area contributed by atoms with Crippen molar-refractivity contribution < 1.29 is 20.8 Å². The average Bonchev–Trinajstić information content (AvgIpc) is 2.43. The summed E-state index contributed by atoms with van der Waals surface area (Å²) in [7, 11) is 4.55. The van der Waals surface area contributed by atoms with Crippen LogP contribution in [-0.2, 0) is 0 Å². The van der Waals surface area contributed by atoms with Crippen LogP contribution in [0.25, 0.3) is 0 Å². The van der Waals surface area contributed by atoms with Crippen molar-refractivity contribution in [2.75, 3.05) is 40.3 Å². The minimum absolute atomic E-state index is 0. The molecule has 0 radical (unpaired) electrons. The zero-order chi connectivity index (χ0) is 14.3. The number of quaternary nitrogens is 2. The molecule has 0 unspecified atom stereocenters. The quantitative estimate of drug-likeness (QED) is 0.805. The van der Waals surface area contributed by atoms with Crippen molar-refractivity contribution in [3.63, 3.8) is 0 Å². The molecule has 2 rings (SSSR count). The first kappa shape index (κ1) is 25.8. The van der Waals surface area contributed by atoms with Crippen molar-refractivity contribution >= 4 is 0 Å². The van der Waals surface area contributed by atoms with Crippen LogP contribution in [0.5, 0.6) is 0 Å². The summed E-state index contributed by atoms with van der Waals surface area (Å²) in [6.07, 6.45) is 12.8. The predicted octanol–water partition coefficient (Wildman–Crippen LogP) is 1.21. The van der Waals surface area contributed by atoms with E-state index in [1.807, 2.05) is 0 Å². The summed E-state index contributed by atoms with van der Waals surface area (Å²) in [5.41, 5.74) is 0. The highest BCUT2D eigenvalue weighted by Gasteiger charge is 2.06. The first-order chi connectivity index (χ1) is 9.20. The Kier molecular flexibility index (Phi) is 24.4. The third-order valence-corrected chi connectivity index (χ3v) is 4.12. The molecule has 0 atom stereocenters. The molecule has 0 saturated carbocycles. The summed E-state index contributed by atoms with van der Waals surface area (Å²) in [6, 6.07) is 0. The first-order valence-electron chi connectivity index (χ1n) is 8.83. The molecule has 0 aromatic heterocycles. The lowest BCUT2D eigenvalue weighted by Crippen LogP contribution is -3.09. The Morgan fingerprint density at radius 3 is 0.952 bits per heavy atom. The maximum atomic E-state index is 2.28. The molecule has 0 bridgehead atoms. The number of piperidine rings is 2. The lowest BCUT2D eigenvalue weighted by Gasteiger charge is -2.17. The second kappa shape index (κ2) is 19.8. The van der Waals surface area contributed by atoms with Gasteiger partial charge < -0.3 is 20.8 Å². The maximum absolute atomic E-state index is 2.28. The van der Waals surface area contributed by atoms with Gasteiger partial charge in [0.1, 0.15) is 0 Å². The Morgan fingerprint density at radius 2 is 0.857 bits per heavy atom. The summed E-state index contributed by atoms with van der Waals surface area (Å²) in [6.45, 7) is 10.0. The molecule has 4 nitrogen and oxygen atoms in total. The molecule has 0 aromatic carbocycles. The number of nitrogens with one attached hydrogen (secondary N) is 2. The van der Waals surface area contributed by atoms with Gasteiger partial charge in [-0.25, -0.2) is 0 Å². The first-order valence-corrected chi connectivity index (χ1v) is 8.83.